The van der Waals surface area contributed by atoms with Crippen molar-refractivity contribution >= 4 is 17.2 Å². The largest absolute Gasteiger partial charge is 0.331 e. The van der Waals surface area contributed by atoms with E-state index in [-0.39, 0.29) is 11.9 Å². The predicted molar refractivity (Wildman–Crippen MR) is 88.2 cm³/mol. The van der Waals surface area contributed by atoms with E-state index in [0.717, 1.165) is 35.0 Å². The van der Waals surface area contributed by atoms with Crippen molar-refractivity contribution in [3.05, 3.63) is 45.7 Å². The lowest BCUT2D eigenvalue weighted by atomic mass is 10.1. The number of likely N-dealkylation sites (tertiary alicyclic amines) is 1. The number of aryl methyl sites for hydroxylation is 1. The van der Waals surface area contributed by atoms with Crippen molar-refractivity contribution in [1.29, 1.82) is 0 Å². The molecule has 0 aliphatic carbocycles. The fraction of sp³-hybridized carbons (Fsp3) is 0.471. The smallest absolute Gasteiger partial charge is 0.266 e. The highest BCUT2D eigenvalue weighted by Gasteiger charge is 2.32. The first kappa shape index (κ1) is 15.2. The van der Waals surface area contributed by atoms with Crippen LogP contribution in [0.5, 0.6) is 0 Å². The standard InChI is InChI=1S/C17H21N3OS/c1-11(2)16-19-12(3)15(22-16)17(21)20-10-4-5-14(20)13-6-8-18-9-7-13/h6-9,11,14H,4-5,10H2,1-3H3/t14-/m1/s1. The molecule has 1 amide bonds. The highest BCUT2D eigenvalue weighted by molar-refractivity contribution is 7.13. The molecule has 0 radical (unpaired) electrons. The van der Waals surface area contributed by atoms with Crippen LogP contribution in [0.1, 0.15) is 64.6 Å². The van der Waals surface area contributed by atoms with Gasteiger partial charge in [-0.15, -0.1) is 11.3 Å². The number of rotatable bonds is 3. The molecule has 3 rings (SSSR count). The third kappa shape index (κ3) is 2.77. The Morgan fingerprint density at radius 3 is 2.73 bits per heavy atom. The molecule has 3 heterocycles. The molecule has 0 spiro atoms. The number of nitrogens with zero attached hydrogens (tertiary/aromatic N) is 3. The summed E-state index contributed by atoms with van der Waals surface area (Å²) in [5.41, 5.74) is 2.03. The van der Waals surface area contributed by atoms with Crippen LogP contribution in [-0.4, -0.2) is 27.3 Å². The molecule has 4 nitrogen and oxygen atoms in total. The van der Waals surface area contributed by atoms with Crippen molar-refractivity contribution in [3.63, 3.8) is 0 Å². The molecule has 116 valence electrons. The van der Waals surface area contributed by atoms with Crippen molar-refractivity contribution in [2.45, 2.75) is 45.6 Å². The highest BCUT2D eigenvalue weighted by Crippen LogP contribution is 2.35. The Balaban J connectivity index is 1.88. The number of carbonyl (C=O) groups excluding carboxylic acids is 1. The van der Waals surface area contributed by atoms with Gasteiger partial charge in [-0.1, -0.05) is 13.8 Å². The molecule has 1 atom stereocenters. The van der Waals surface area contributed by atoms with Crippen molar-refractivity contribution in [2.24, 2.45) is 0 Å². The lowest BCUT2D eigenvalue weighted by Crippen LogP contribution is -2.30. The maximum Gasteiger partial charge on any atom is 0.266 e. The Morgan fingerprint density at radius 1 is 1.36 bits per heavy atom. The van der Waals surface area contributed by atoms with Crippen LogP contribution in [0.25, 0.3) is 0 Å². The SMILES string of the molecule is Cc1nc(C(C)C)sc1C(=O)N1CCC[C@@H]1c1ccncc1. The van der Waals surface area contributed by atoms with Gasteiger partial charge in [-0.2, -0.15) is 0 Å². The normalized spacial score (nSPS) is 18.2. The first-order chi connectivity index (χ1) is 10.6. The molecule has 1 fully saturated rings. The number of pyridine rings is 1. The average Bonchev–Trinajstić information content (AvgIpc) is 3.14. The molecule has 1 saturated heterocycles. The summed E-state index contributed by atoms with van der Waals surface area (Å²) in [5.74, 6) is 0.487. The number of aromatic nitrogens is 2. The van der Waals surface area contributed by atoms with Gasteiger partial charge in [0.1, 0.15) is 4.88 Å². The summed E-state index contributed by atoms with van der Waals surface area (Å²) in [7, 11) is 0. The van der Waals surface area contributed by atoms with Crippen LogP contribution < -0.4 is 0 Å². The van der Waals surface area contributed by atoms with Gasteiger partial charge in [0, 0.05) is 24.9 Å². The minimum atomic E-state index is 0.126. The van der Waals surface area contributed by atoms with Crippen LogP contribution in [0, 0.1) is 6.92 Å². The lowest BCUT2D eigenvalue weighted by molar-refractivity contribution is 0.0739. The van der Waals surface area contributed by atoms with E-state index in [4.69, 9.17) is 0 Å². The number of hydrogen-bond acceptors (Lipinski definition) is 4. The highest BCUT2D eigenvalue weighted by atomic mass is 32.1. The van der Waals surface area contributed by atoms with E-state index in [0.29, 0.717) is 5.92 Å². The Morgan fingerprint density at radius 2 is 2.09 bits per heavy atom. The summed E-state index contributed by atoms with van der Waals surface area (Å²) >= 11 is 1.55. The first-order valence-corrected chi connectivity index (χ1v) is 8.57. The van der Waals surface area contributed by atoms with Crippen LogP contribution in [0.3, 0.4) is 0 Å². The van der Waals surface area contributed by atoms with Gasteiger partial charge < -0.3 is 4.90 Å². The van der Waals surface area contributed by atoms with Crippen LogP contribution in [-0.2, 0) is 0 Å². The van der Waals surface area contributed by atoms with Crippen LogP contribution in [0.15, 0.2) is 24.5 Å². The molecule has 1 aliphatic rings. The molecule has 22 heavy (non-hydrogen) atoms. The first-order valence-electron chi connectivity index (χ1n) is 7.76. The lowest BCUT2D eigenvalue weighted by Gasteiger charge is -2.24. The fourth-order valence-electron chi connectivity index (χ4n) is 2.94. The van der Waals surface area contributed by atoms with Gasteiger partial charge in [0.05, 0.1) is 16.7 Å². The van der Waals surface area contributed by atoms with Crippen molar-refractivity contribution in [1.82, 2.24) is 14.9 Å². The van der Waals surface area contributed by atoms with Gasteiger partial charge >= 0.3 is 0 Å². The zero-order chi connectivity index (χ0) is 15.7. The molecular weight excluding hydrogens is 294 g/mol. The summed E-state index contributed by atoms with van der Waals surface area (Å²) < 4.78 is 0. The molecule has 0 bridgehead atoms. The minimum absolute atomic E-state index is 0.126. The third-order valence-electron chi connectivity index (χ3n) is 4.11. The van der Waals surface area contributed by atoms with E-state index in [1.807, 2.05) is 24.0 Å². The Hall–Kier alpha value is -1.75. The molecular formula is C17H21N3OS. The zero-order valence-electron chi connectivity index (χ0n) is 13.2. The summed E-state index contributed by atoms with van der Waals surface area (Å²) in [6.45, 7) is 6.98. The number of amides is 1. The molecule has 1 aliphatic heterocycles. The quantitative estimate of drug-likeness (QED) is 0.861. The molecule has 5 heteroatoms. The third-order valence-corrected chi connectivity index (χ3v) is 5.55. The van der Waals surface area contributed by atoms with Gasteiger partial charge in [-0.25, -0.2) is 4.98 Å². The van der Waals surface area contributed by atoms with Crippen molar-refractivity contribution in [3.8, 4) is 0 Å². The van der Waals surface area contributed by atoms with Crippen molar-refractivity contribution in [2.75, 3.05) is 6.54 Å². The Kier molecular flexibility index (Phi) is 4.25. The van der Waals surface area contributed by atoms with Gasteiger partial charge in [-0.05, 0) is 37.5 Å². The zero-order valence-corrected chi connectivity index (χ0v) is 14.1. The monoisotopic (exact) mass is 315 g/mol. The van der Waals surface area contributed by atoms with E-state index in [9.17, 15) is 4.79 Å². The van der Waals surface area contributed by atoms with Gasteiger partial charge in [0.25, 0.3) is 5.91 Å². The molecule has 0 N–H and O–H groups in total. The summed E-state index contributed by atoms with van der Waals surface area (Å²) in [6, 6.07) is 4.18. The molecule has 2 aromatic rings. The van der Waals surface area contributed by atoms with E-state index in [1.165, 1.54) is 5.56 Å². The van der Waals surface area contributed by atoms with E-state index >= 15 is 0 Å². The Labute approximate surface area is 135 Å². The molecule has 0 saturated carbocycles. The second-order valence-electron chi connectivity index (χ2n) is 6.06. The fourth-order valence-corrected chi connectivity index (χ4v) is 3.96. The maximum absolute atomic E-state index is 13.0. The number of carbonyl (C=O) groups is 1. The second kappa shape index (κ2) is 6.16. The van der Waals surface area contributed by atoms with Gasteiger partial charge in [-0.3, -0.25) is 9.78 Å². The number of thiazole rings is 1. The predicted octanol–water partition coefficient (Wildman–Crippen LogP) is 3.95. The van der Waals surface area contributed by atoms with Crippen LogP contribution >= 0.6 is 11.3 Å². The van der Waals surface area contributed by atoms with E-state index in [1.54, 1.807) is 23.7 Å². The molecule has 0 aromatic carbocycles. The molecule has 2 aromatic heterocycles. The van der Waals surface area contributed by atoms with Gasteiger partial charge in [0.2, 0.25) is 0 Å². The van der Waals surface area contributed by atoms with Crippen LogP contribution in [0.2, 0.25) is 0 Å². The maximum atomic E-state index is 13.0. The topological polar surface area (TPSA) is 46.1 Å². The Bertz CT molecular complexity index is 666. The molecule has 0 unspecified atom stereocenters. The van der Waals surface area contributed by atoms with Gasteiger partial charge in [0.15, 0.2) is 0 Å². The van der Waals surface area contributed by atoms with Crippen molar-refractivity contribution < 1.29 is 4.79 Å². The summed E-state index contributed by atoms with van der Waals surface area (Å²) in [5, 5.41) is 1.04. The average molecular weight is 315 g/mol. The van der Waals surface area contributed by atoms with E-state index < -0.39 is 0 Å². The summed E-state index contributed by atoms with van der Waals surface area (Å²) in [4.78, 5) is 24.4. The number of hydrogen-bond donors (Lipinski definition) is 0. The van der Waals surface area contributed by atoms with E-state index in [2.05, 4.69) is 23.8 Å². The minimum Gasteiger partial charge on any atom is -0.331 e. The summed E-state index contributed by atoms with van der Waals surface area (Å²) in [6.07, 6.45) is 5.66. The van der Waals surface area contributed by atoms with Crippen LogP contribution in [0.4, 0.5) is 0 Å². The second-order valence-corrected chi connectivity index (χ2v) is 7.09.